The number of ether oxygens (including phenoxy) is 3. The Kier molecular flexibility index (Phi) is 57.4. The van der Waals surface area contributed by atoms with Gasteiger partial charge in [0.25, 0.3) is 0 Å². The van der Waals surface area contributed by atoms with Crippen molar-refractivity contribution in [1.29, 1.82) is 0 Å². The summed E-state index contributed by atoms with van der Waals surface area (Å²) < 4.78 is 16.8. The lowest BCUT2D eigenvalue weighted by Gasteiger charge is -2.18. The number of unbranched alkanes of at least 4 members (excludes halogenated alkanes) is 25. The van der Waals surface area contributed by atoms with Gasteiger partial charge in [0.2, 0.25) is 0 Å². The minimum atomic E-state index is -0.817. The molecule has 0 amide bonds. The van der Waals surface area contributed by atoms with E-state index in [9.17, 15) is 14.4 Å². The first kappa shape index (κ1) is 69.1. The maximum atomic E-state index is 12.9. The van der Waals surface area contributed by atoms with Crippen LogP contribution in [0.5, 0.6) is 0 Å². The van der Waals surface area contributed by atoms with E-state index in [0.717, 1.165) is 83.5 Å². The highest BCUT2D eigenvalue weighted by molar-refractivity contribution is 5.71. The van der Waals surface area contributed by atoms with Crippen LogP contribution in [-0.4, -0.2) is 37.2 Å². The van der Waals surface area contributed by atoms with Gasteiger partial charge in [-0.2, -0.15) is 0 Å². The molecular formula is C67H112O6. The van der Waals surface area contributed by atoms with Gasteiger partial charge in [-0.05, 0) is 122 Å². The summed E-state index contributed by atoms with van der Waals surface area (Å²) in [5.74, 6) is -1.00. The first-order valence-corrected chi connectivity index (χ1v) is 30.4. The molecule has 0 aliphatic heterocycles. The van der Waals surface area contributed by atoms with Gasteiger partial charge in [-0.3, -0.25) is 14.4 Å². The number of esters is 3. The summed E-state index contributed by atoms with van der Waals surface area (Å²) in [5, 5.41) is 0. The molecular weight excluding hydrogens is 901 g/mol. The fraction of sp³-hybridized carbons (Fsp3) is 0.687. The maximum absolute atomic E-state index is 12.9. The molecule has 1 atom stereocenters. The summed E-state index contributed by atoms with van der Waals surface area (Å²) in [7, 11) is 0. The van der Waals surface area contributed by atoms with E-state index in [-0.39, 0.29) is 37.5 Å². The second kappa shape index (κ2) is 60.6. The molecule has 0 bridgehead atoms. The molecule has 0 spiro atoms. The Bertz CT molecular complexity index is 1490. The van der Waals surface area contributed by atoms with Gasteiger partial charge in [0.05, 0.1) is 0 Å². The van der Waals surface area contributed by atoms with E-state index in [1.165, 1.54) is 148 Å². The van der Waals surface area contributed by atoms with Gasteiger partial charge in [-0.15, -0.1) is 0 Å². The van der Waals surface area contributed by atoms with Crippen LogP contribution in [0.4, 0.5) is 0 Å². The molecule has 0 fully saturated rings. The van der Waals surface area contributed by atoms with Crippen LogP contribution in [0.3, 0.4) is 0 Å². The van der Waals surface area contributed by atoms with Crippen LogP contribution in [-0.2, 0) is 28.6 Å². The molecule has 0 rings (SSSR count). The van der Waals surface area contributed by atoms with Crippen LogP contribution >= 0.6 is 0 Å². The summed E-state index contributed by atoms with van der Waals surface area (Å²) in [6.45, 7) is 6.50. The Morgan fingerprint density at radius 1 is 0.274 bits per heavy atom. The molecule has 0 saturated carbocycles. The number of hydrogen-bond acceptors (Lipinski definition) is 6. The molecule has 0 aliphatic carbocycles. The Morgan fingerprint density at radius 3 is 0.849 bits per heavy atom. The highest BCUT2D eigenvalue weighted by atomic mass is 16.6. The lowest BCUT2D eigenvalue weighted by Crippen LogP contribution is -2.30. The average Bonchev–Trinajstić information content (AvgIpc) is 3.39. The van der Waals surface area contributed by atoms with Crippen molar-refractivity contribution in [3.8, 4) is 0 Å². The minimum absolute atomic E-state index is 0.107. The third kappa shape index (κ3) is 58.8. The summed E-state index contributed by atoms with van der Waals surface area (Å²) in [4.78, 5) is 38.2. The van der Waals surface area contributed by atoms with E-state index >= 15 is 0 Å². The van der Waals surface area contributed by atoms with E-state index < -0.39 is 6.10 Å². The summed E-state index contributed by atoms with van der Waals surface area (Å²) in [6.07, 6.45) is 82.3. The Hall–Kier alpha value is -3.93. The van der Waals surface area contributed by atoms with Crippen LogP contribution < -0.4 is 0 Å². The molecule has 0 unspecified atom stereocenters. The Morgan fingerprint density at radius 2 is 0.521 bits per heavy atom. The third-order valence-corrected chi connectivity index (χ3v) is 12.7. The van der Waals surface area contributed by atoms with Crippen LogP contribution in [0.2, 0.25) is 0 Å². The zero-order chi connectivity index (χ0) is 52.9. The largest absolute Gasteiger partial charge is 0.462 e. The summed E-state index contributed by atoms with van der Waals surface area (Å²) in [6, 6.07) is 0. The highest BCUT2D eigenvalue weighted by Gasteiger charge is 2.19. The fourth-order valence-electron chi connectivity index (χ4n) is 8.13. The first-order chi connectivity index (χ1) is 36.0. The van der Waals surface area contributed by atoms with E-state index in [1.807, 2.05) is 6.08 Å². The van der Waals surface area contributed by atoms with Crippen molar-refractivity contribution in [3.05, 3.63) is 109 Å². The summed E-state index contributed by atoms with van der Waals surface area (Å²) in [5.41, 5.74) is 0. The van der Waals surface area contributed by atoms with Gasteiger partial charge in [0.15, 0.2) is 6.10 Å². The molecule has 6 heteroatoms. The normalized spacial score (nSPS) is 12.9. The van der Waals surface area contributed by atoms with Crippen LogP contribution in [0.1, 0.15) is 278 Å². The first-order valence-electron chi connectivity index (χ1n) is 30.4. The molecule has 0 N–H and O–H groups in total. The number of allylic oxidation sites excluding steroid dienone is 18. The second-order valence-electron chi connectivity index (χ2n) is 19.9. The Labute approximate surface area is 450 Å². The molecule has 0 aliphatic rings. The number of hydrogen-bond donors (Lipinski definition) is 0. The SMILES string of the molecule is CCCCC/C=C\C/C=C\C/C=C\C/C=C\C/C=C\CCC(=O)OC[C@H](COC(=O)CCCCCCCCCCC/C=C\C/C=C\CCCCC)OC(=O)CCCCCCCCC/C=C\C/C=C\CCCCC. The monoisotopic (exact) mass is 1010 g/mol. The van der Waals surface area contributed by atoms with Gasteiger partial charge in [0.1, 0.15) is 13.2 Å². The van der Waals surface area contributed by atoms with E-state index in [2.05, 4.69) is 124 Å². The van der Waals surface area contributed by atoms with E-state index in [0.29, 0.717) is 19.3 Å². The van der Waals surface area contributed by atoms with Crippen molar-refractivity contribution in [2.45, 2.75) is 284 Å². The molecule has 0 saturated heterocycles. The van der Waals surface area contributed by atoms with Gasteiger partial charge in [-0.25, -0.2) is 0 Å². The predicted octanol–water partition coefficient (Wildman–Crippen LogP) is 20.7. The lowest BCUT2D eigenvalue weighted by atomic mass is 10.1. The second-order valence-corrected chi connectivity index (χ2v) is 19.9. The molecule has 6 nitrogen and oxygen atoms in total. The highest BCUT2D eigenvalue weighted by Crippen LogP contribution is 2.15. The van der Waals surface area contributed by atoms with Crippen molar-refractivity contribution in [3.63, 3.8) is 0 Å². The van der Waals surface area contributed by atoms with Crippen molar-refractivity contribution in [2.24, 2.45) is 0 Å². The molecule has 0 aromatic carbocycles. The van der Waals surface area contributed by atoms with Crippen molar-refractivity contribution in [2.75, 3.05) is 13.2 Å². The zero-order valence-corrected chi connectivity index (χ0v) is 47.6. The van der Waals surface area contributed by atoms with Gasteiger partial charge in [-0.1, -0.05) is 246 Å². The maximum Gasteiger partial charge on any atom is 0.306 e. The molecule has 0 aromatic heterocycles. The topological polar surface area (TPSA) is 78.9 Å². The van der Waals surface area contributed by atoms with Crippen LogP contribution in [0, 0.1) is 0 Å². The quantitative estimate of drug-likeness (QED) is 0.0261. The lowest BCUT2D eigenvalue weighted by molar-refractivity contribution is -0.166. The number of carbonyl (C=O) groups is 3. The standard InChI is InChI=1S/C67H112O6/c1-4-7-10-13-16-19-22-25-28-31-33-36-38-41-44-47-50-53-56-59-65(68)71-62-64(73-67(70)61-58-55-52-49-46-43-40-35-30-27-24-21-18-15-12-9-6-3)63-72-66(69)60-57-54-51-48-45-42-39-37-34-32-29-26-23-20-17-14-11-8-5-2/h16-21,25-30,33,36,41,44,50,53,64H,4-15,22-24,31-32,34-35,37-40,42-43,45-49,51-52,54-63H2,1-3H3/b19-16-,20-17-,21-18-,28-25-,29-26-,30-27-,36-33-,44-41-,53-50-/t64-/m1/s1. The zero-order valence-electron chi connectivity index (χ0n) is 47.6. The van der Waals surface area contributed by atoms with Crippen LogP contribution in [0.15, 0.2) is 109 Å². The van der Waals surface area contributed by atoms with E-state index in [4.69, 9.17) is 14.2 Å². The van der Waals surface area contributed by atoms with Crippen LogP contribution in [0.25, 0.3) is 0 Å². The predicted molar refractivity (Wildman–Crippen MR) is 316 cm³/mol. The third-order valence-electron chi connectivity index (χ3n) is 12.7. The van der Waals surface area contributed by atoms with Gasteiger partial charge < -0.3 is 14.2 Å². The molecule has 0 radical (unpaired) electrons. The number of rotatable bonds is 54. The van der Waals surface area contributed by atoms with Crippen molar-refractivity contribution in [1.82, 2.24) is 0 Å². The summed E-state index contributed by atoms with van der Waals surface area (Å²) >= 11 is 0. The Balaban J connectivity index is 4.51. The van der Waals surface area contributed by atoms with Crippen molar-refractivity contribution >= 4 is 17.9 Å². The smallest absolute Gasteiger partial charge is 0.306 e. The average molecular weight is 1010 g/mol. The molecule has 416 valence electrons. The molecule has 0 aromatic rings. The molecule has 73 heavy (non-hydrogen) atoms. The number of carbonyl (C=O) groups excluding carboxylic acids is 3. The molecule has 0 heterocycles. The van der Waals surface area contributed by atoms with Gasteiger partial charge >= 0.3 is 17.9 Å². The van der Waals surface area contributed by atoms with Gasteiger partial charge in [0, 0.05) is 19.3 Å². The minimum Gasteiger partial charge on any atom is -0.462 e. The fourth-order valence-corrected chi connectivity index (χ4v) is 8.13. The van der Waals surface area contributed by atoms with Crippen molar-refractivity contribution < 1.29 is 28.6 Å². The van der Waals surface area contributed by atoms with E-state index in [1.54, 1.807) is 0 Å².